The van der Waals surface area contributed by atoms with Crippen molar-refractivity contribution in [3.05, 3.63) is 16.1 Å². The Labute approximate surface area is 119 Å². The minimum atomic E-state index is 0.535. The zero-order chi connectivity index (χ0) is 13.0. The van der Waals surface area contributed by atoms with Crippen LogP contribution in [-0.2, 0) is 12.3 Å². The van der Waals surface area contributed by atoms with Crippen molar-refractivity contribution in [1.82, 2.24) is 9.88 Å². The monoisotopic (exact) mass is 286 g/mol. The summed E-state index contributed by atoms with van der Waals surface area (Å²) < 4.78 is 0. The minimum absolute atomic E-state index is 0.535. The van der Waals surface area contributed by atoms with E-state index in [0.717, 1.165) is 30.6 Å². The van der Waals surface area contributed by atoms with Gasteiger partial charge in [0.05, 0.1) is 16.6 Å². The fourth-order valence-electron chi connectivity index (χ4n) is 2.66. The Bertz CT molecular complexity index is 358. The first-order valence-corrected chi connectivity index (χ1v) is 8.30. The Balaban J connectivity index is 1.75. The number of aromatic nitrogens is 1. The van der Waals surface area contributed by atoms with Crippen molar-refractivity contribution in [3.8, 4) is 0 Å². The quantitative estimate of drug-likeness (QED) is 0.762. The molecule has 0 bridgehead atoms. The molecular weight excluding hydrogens is 264 g/mol. The van der Waals surface area contributed by atoms with E-state index in [1.165, 1.54) is 30.7 Å². The summed E-state index contributed by atoms with van der Waals surface area (Å²) in [5.41, 5.74) is 1.02. The normalized spacial score (nSPS) is 24.7. The third-order valence-corrected chi connectivity index (χ3v) is 5.25. The van der Waals surface area contributed by atoms with Gasteiger partial charge in [-0.15, -0.1) is 22.9 Å². The Hall–Kier alpha value is -0.120. The van der Waals surface area contributed by atoms with Gasteiger partial charge in [-0.25, -0.2) is 4.98 Å². The highest BCUT2D eigenvalue weighted by atomic mass is 35.5. The Morgan fingerprint density at radius 1 is 1.39 bits per heavy atom. The molecule has 2 nitrogen and oxygen atoms in total. The maximum atomic E-state index is 5.77. The van der Waals surface area contributed by atoms with E-state index in [4.69, 9.17) is 11.6 Å². The molecule has 1 aromatic heterocycles. The molecule has 0 unspecified atom stereocenters. The molecular formula is C14H23ClN2S. The smallest absolute Gasteiger partial charge is 0.0941 e. The summed E-state index contributed by atoms with van der Waals surface area (Å²) in [5, 5.41) is 3.30. The van der Waals surface area contributed by atoms with E-state index >= 15 is 0 Å². The molecule has 0 atom stereocenters. The van der Waals surface area contributed by atoms with Crippen LogP contribution in [0.5, 0.6) is 0 Å². The largest absolute Gasteiger partial charge is 0.303 e. The summed E-state index contributed by atoms with van der Waals surface area (Å²) in [7, 11) is 2.26. The summed E-state index contributed by atoms with van der Waals surface area (Å²) >= 11 is 7.51. The SMILES string of the molecule is CC1CCC(N(C)CCc2nc(CCl)cs2)CC1. The van der Waals surface area contributed by atoms with Crippen molar-refractivity contribution in [1.29, 1.82) is 0 Å². The lowest BCUT2D eigenvalue weighted by Crippen LogP contribution is -2.36. The molecule has 1 saturated carbocycles. The van der Waals surface area contributed by atoms with E-state index in [0.29, 0.717) is 5.88 Å². The van der Waals surface area contributed by atoms with Crippen molar-refractivity contribution >= 4 is 22.9 Å². The molecule has 0 aromatic carbocycles. The van der Waals surface area contributed by atoms with Crippen LogP contribution in [0.25, 0.3) is 0 Å². The second kappa shape index (κ2) is 6.88. The number of hydrogen-bond acceptors (Lipinski definition) is 3. The molecule has 1 aromatic rings. The first-order valence-electron chi connectivity index (χ1n) is 6.88. The van der Waals surface area contributed by atoms with Crippen molar-refractivity contribution in [2.75, 3.05) is 13.6 Å². The van der Waals surface area contributed by atoms with Gasteiger partial charge >= 0.3 is 0 Å². The maximum absolute atomic E-state index is 5.77. The van der Waals surface area contributed by atoms with Gasteiger partial charge in [-0.05, 0) is 38.6 Å². The Morgan fingerprint density at radius 3 is 2.72 bits per heavy atom. The first-order chi connectivity index (χ1) is 8.69. The summed E-state index contributed by atoms with van der Waals surface area (Å²) in [5.74, 6) is 1.47. The first kappa shape index (κ1) is 14.3. The molecule has 1 heterocycles. The average Bonchev–Trinajstić information content (AvgIpc) is 2.85. The van der Waals surface area contributed by atoms with Gasteiger partial charge in [-0.1, -0.05) is 6.92 Å². The zero-order valence-corrected chi connectivity index (χ0v) is 12.9. The second-order valence-electron chi connectivity index (χ2n) is 5.51. The lowest BCUT2D eigenvalue weighted by molar-refractivity contribution is 0.172. The Morgan fingerprint density at radius 2 is 2.11 bits per heavy atom. The van der Waals surface area contributed by atoms with Gasteiger partial charge in [0.2, 0.25) is 0 Å². The number of rotatable bonds is 5. The second-order valence-corrected chi connectivity index (χ2v) is 6.72. The number of nitrogens with zero attached hydrogens (tertiary/aromatic N) is 2. The van der Waals surface area contributed by atoms with E-state index < -0.39 is 0 Å². The van der Waals surface area contributed by atoms with E-state index in [1.807, 2.05) is 0 Å². The van der Waals surface area contributed by atoms with Crippen molar-refractivity contribution in [2.45, 2.75) is 50.9 Å². The highest BCUT2D eigenvalue weighted by molar-refractivity contribution is 7.09. The van der Waals surface area contributed by atoms with Gasteiger partial charge in [0.1, 0.15) is 0 Å². The number of halogens is 1. The molecule has 0 saturated heterocycles. The molecule has 0 radical (unpaired) electrons. The fourth-order valence-corrected chi connectivity index (χ4v) is 3.68. The lowest BCUT2D eigenvalue weighted by Gasteiger charge is -2.33. The van der Waals surface area contributed by atoms with E-state index in [-0.39, 0.29) is 0 Å². The molecule has 0 N–H and O–H groups in total. The third kappa shape index (κ3) is 3.94. The van der Waals surface area contributed by atoms with Gasteiger partial charge in [-0.2, -0.15) is 0 Å². The summed E-state index contributed by atoms with van der Waals surface area (Å²) in [6.07, 6.45) is 6.57. The third-order valence-electron chi connectivity index (χ3n) is 4.02. The minimum Gasteiger partial charge on any atom is -0.303 e. The predicted molar refractivity (Wildman–Crippen MR) is 79.4 cm³/mol. The Kier molecular flexibility index (Phi) is 5.46. The molecule has 1 fully saturated rings. The van der Waals surface area contributed by atoms with E-state index in [9.17, 15) is 0 Å². The number of thiazole rings is 1. The summed E-state index contributed by atoms with van der Waals surface area (Å²) in [6.45, 7) is 3.49. The lowest BCUT2D eigenvalue weighted by atomic mass is 9.87. The molecule has 4 heteroatoms. The molecule has 0 spiro atoms. The van der Waals surface area contributed by atoms with E-state index in [2.05, 4.69) is 29.2 Å². The van der Waals surface area contributed by atoms with Crippen molar-refractivity contribution in [3.63, 3.8) is 0 Å². The summed E-state index contributed by atoms with van der Waals surface area (Å²) in [6, 6.07) is 0.786. The van der Waals surface area contributed by atoms with Gasteiger partial charge in [0, 0.05) is 24.4 Å². The number of alkyl halides is 1. The number of hydrogen-bond donors (Lipinski definition) is 0. The van der Waals surface area contributed by atoms with Crippen molar-refractivity contribution in [2.24, 2.45) is 5.92 Å². The van der Waals surface area contributed by atoms with Crippen molar-refractivity contribution < 1.29 is 0 Å². The molecule has 2 rings (SSSR count). The molecule has 18 heavy (non-hydrogen) atoms. The summed E-state index contributed by atoms with van der Waals surface area (Å²) in [4.78, 5) is 7.04. The maximum Gasteiger partial charge on any atom is 0.0941 e. The molecule has 1 aliphatic carbocycles. The van der Waals surface area contributed by atoms with Crippen LogP contribution in [-0.4, -0.2) is 29.5 Å². The molecule has 0 aliphatic heterocycles. The van der Waals surface area contributed by atoms with Crippen LogP contribution in [0, 0.1) is 5.92 Å². The highest BCUT2D eigenvalue weighted by Crippen LogP contribution is 2.26. The van der Waals surface area contributed by atoms with Gasteiger partial charge in [0.25, 0.3) is 0 Å². The molecule has 1 aliphatic rings. The average molecular weight is 287 g/mol. The van der Waals surface area contributed by atoms with Crippen LogP contribution < -0.4 is 0 Å². The van der Waals surface area contributed by atoms with Crippen LogP contribution in [0.4, 0.5) is 0 Å². The molecule has 102 valence electrons. The van der Waals surface area contributed by atoms with Crippen LogP contribution in [0.2, 0.25) is 0 Å². The number of likely N-dealkylation sites (N-methyl/N-ethyl adjacent to an activating group) is 1. The predicted octanol–water partition coefficient (Wildman–Crippen LogP) is 3.93. The standard InChI is InChI=1S/C14H23ClN2S/c1-11-3-5-13(6-4-11)17(2)8-7-14-16-12(9-15)10-18-14/h10-11,13H,3-9H2,1-2H3. The highest BCUT2D eigenvalue weighted by Gasteiger charge is 2.21. The van der Waals surface area contributed by atoms with Gasteiger partial charge < -0.3 is 4.90 Å². The van der Waals surface area contributed by atoms with Crippen LogP contribution in [0.15, 0.2) is 5.38 Å². The van der Waals surface area contributed by atoms with Crippen LogP contribution in [0.1, 0.15) is 43.3 Å². The zero-order valence-electron chi connectivity index (χ0n) is 11.4. The fraction of sp³-hybridized carbons (Fsp3) is 0.786. The molecule has 0 amide bonds. The van der Waals surface area contributed by atoms with E-state index in [1.54, 1.807) is 11.3 Å². The topological polar surface area (TPSA) is 16.1 Å². The van der Waals surface area contributed by atoms with Crippen LogP contribution in [0.3, 0.4) is 0 Å². The van der Waals surface area contributed by atoms with Gasteiger partial charge in [-0.3, -0.25) is 0 Å². The van der Waals surface area contributed by atoms with Gasteiger partial charge in [0.15, 0.2) is 0 Å². The van der Waals surface area contributed by atoms with Crippen LogP contribution >= 0.6 is 22.9 Å².